The third-order valence-electron chi connectivity index (χ3n) is 3.52. The van der Waals surface area contributed by atoms with Gasteiger partial charge in [-0.05, 0) is 31.1 Å². The SMILES string of the molecule is CC1CCC(Nc2nc(N)ncc2Cl)C(C)C1. The van der Waals surface area contributed by atoms with Gasteiger partial charge in [-0.15, -0.1) is 0 Å². The monoisotopic (exact) mass is 254 g/mol. The number of anilines is 2. The van der Waals surface area contributed by atoms with E-state index < -0.39 is 0 Å². The van der Waals surface area contributed by atoms with Gasteiger partial charge in [0.2, 0.25) is 5.95 Å². The van der Waals surface area contributed by atoms with Crippen molar-refractivity contribution in [2.75, 3.05) is 11.1 Å². The highest BCUT2D eigenvalue weighted by Crippen LogP contribution is 2.31. The summed E-state index contributed by atoms with van der Waals surface area (Å²) in [6, 6.07) is 0.429. The standard InChI is InChI=1S/C12H19ClN4/c1-7-3-4-10(8(2)5-7)16-11-9(13)6-15-12(14)17-11/h6-8,10H,3-5H2,1-2H3,(H3,14,15,16,17). The fraction of sp³-hybridized carbons (Fsp3) is 0.667. The zero-order valence-electron chi connectivity index (χ0n) is 10.3. The highest BCUT2D eigenvalue weighted by atomic mass is 35.5. The lowest BCUT2D eigenvalue weighted by Gasteiger charge is -2.33. The summed E-state index contributed by atoms with van der Waals surface area (Å²) in [4.78, 5) is 8.00. The number of rotatable bonds is 2. The molecule has 94 valence electrons. The molecule has 1 aliphatic carbocycles. The summed E-state index contributed by atoms with van der Waals surface area (Å²) in [5.41, 5.74) is 5.57. The Morgan fingerprint density at radius 1 is 1.41 bits per heavy atom. The first kappa shape index (κ1) is 12.4. The molecule has 5 heteroatoms. The molecule has 0 radical (unpaired) electrons. The maximum absolute atomic E-state index is 6.05. The minimum absolute atomic E-state index is 0.258. The second-order valence-electron chi connectivity index (χ2n) is 5.07. The Bertz CT molecular complexity index is 396. The minimum atomic E-state index is 0.258. The summed E-state index contributed by atoms with van der Waals surface area (Å²) in [5, 5.41) is 3.93. The molecule has 0 aromatic carbocycles. The second-order valence-corrected chi connectivity index (χ2v) is 5.48. The number of halogens is 1. The third kappa shape index (κ3) is 3.00. The molecule has 1 fully saturated rings. The van der Waals surface area contributed by atoms with Gasteiger partial charge in [0.05, 0.1) is 6.20 Å². The van der Waals surface area contributed by atoms with E-state index in [2.05, 4.69) is 29.1 Å². The van der Waals surface area contributed by atoms with Crippen LogP contribution in [0.1, 0.15) is 33.1 Å². The molecule has 1 aliphatic rings. The van der Waals surface area contributed by atoms with Crippen molar-refractivity contribution in [3.05, 3.63) is 11.2 Å². The summed E-state index contributed by atoms with van der Waals surface area (Å²) >= 11 is 6.05. The van der Waals surface area contributed by atoms with E-state index in [0.29, 0.717) is 22.8 Å². The van der Waals surface area contributed by atoms with Crippen LogP contribution in [0.25, 0.3) is 0 Å². The predicted octanol–water partition coefficient (Wildman–Crippen LogP) is 2.95. The molecule has 2 rings (SSSR count). The number of hydrogen-bond donors (Lipinski definition) is 2. The number of aromatic nitrogens is 2. The predicted molar refractivity (Wildman–Crippen MR) is 71.0 cm³/mol. The van der Waals surface area contributed by atoms with Gasteiger partial charge >= 0.3 is 0 Å². The van der Waals surface area contributed by atoms with Crippen molar-refractivity contribution in [3.63, 3.8) is 0 Å². The van der Waals surface area contributed by atoms with Gasteiger partial charge in [-0.1, -0.05) is 25.4 Å². The van der Waals surface area contributed by atoms with Crippen LogP contribution in [0.15, 0.2) is 6.20 Å². The molecule has 0 saturated heterocycles. The van der Waals surface area contributed by atoms with Crippen LogP contribution < -0.4 is 11.1 Å². The largest absolute Gasteiger partial charge is 0.368 e. The summed E-state index contributed by atoms with van der Waals surface area (Å²) in [5.74, 6) is 2.36. The van der Waals surface area contributed by atoms with Gasteiger partial charge in [0.15, 0.2) is 5.82 Å². The Morgan fingerprint density at radius 3 is 2.88 bits per heavy atom. The second kappa shape index (κ2) is 5.08. The third-order valence-corrected chi connectivity index (χ3v) is 3.79. The van der Waals surface area contributed by atoms with Crippen molar-refractivity contribution >= 4 is 23.4 Å². The average Bonchev–Trinajstić information content (AvgIpc) is 2.27. The van der Waals surface area contributed by atoms with Crippen LogP contribution in [0, 0.1) is 11.8 Å². The minimum Gasteiger partial charge on any atom is -0.368 e. The van der Waals surface area contributed by atoms with Crippen molar-refractivity contribution in [1.29, 1.82) is 0 Å². The zero-order valence-corrected chi connectivity index (χ0v) is 11.0. The van der Waals surface area contributed by atoms with Crippen molar-refractivity contribution in [3.8, 4) is 0 Å². The van der Waals surface area contributed by atoms with Crippen LogP contribution in [0.2, 0.25) is 5.02 Å². The summed E-state index contributed by atoms with van der Waals surface area (Å²) in [7, 11) is 0. The summed E-state index contributed by atoms with van der Waals surface area (Å²) in [6.45, 7) is 4.58. The van der Waals surface area contributed by atoms with Crippen molar-refractivity contribution in [2.45, 2.75) is 39.2 Å². The highest BCUT2D eigenvalue weighted by Gasteiger charge is 2.25. The molecule has 0 spiro atoms. The van der Waals surface area contributed by atoms with Crippen LogP contribution in [0.5, 0.6) is 0 Å². The molecule has 3 N–H and O–H groups in total. The molecule has 0 amide bonds. The van der Waals surface area contributed by atoms with E-state index in [0.717, 1.165) is 12.3 Å². The Hall–Kier alpha value is -1.03. The highest BCUT2D eigenvalue weighted by molar-refractivity contribution is 6.32. The number of hydrogen-bond acceptors (Lipinski definition) is 4. The van der Waals surface area contributed by atoms with Crippen molar-refractivity contribution < 1.29 is 0 Å². The fourth-order valence-electron chi connectivity index (χ4n) is 2.54. The lowest BCUT2D eigenvalue weighted by atomic mass is 9.80. The molecule has 3 unspecified atom stereocenters. The van der Waals surface area contributed by atoms with Crippen LogP contribution in [0.4, 0.5) is 11.8 Å². The lowest BCUT2D eigenvalue weighted by molar-refractivity contribution is 0.276. The summed E-state index contributed by atoms with van der Waals surface area (Å²) in [6.07, 6.45) is 5.20. The van der Waals surface area contributed by atoms with Crippen molar-refractivity contribution in [2.24, 2.45) is 11.8 Å². The first-order valence-corrected chi connectivity index (χ1v) is 6.48. The first-order chi connectivity index (χ1) is 8.06. The Balaban J connectivity index is 2.07. The number of nitrogens with zero attached hydrogens (tertiary/aromatic N) is 2. The molecule has 3 atom stereocenters. The fourth-order valence-corrected chi connectivity index (χ4v) is 2.68. The Morgan fingerprint density at radius 2 is 2.18 bits per heavy atom. The topological polar surface area (TPSA) is 63.8 Å². The van der Waals surface area contributed by atoms with Gasteiger partial charge in [0.25, 0.3) is 0 Å². The molecule has 1 saturated carbocycles. The van der Waals surface area contributed by atoms with E-state index in [1.165, 1.54) is 12.8 Å². The molecular weight excluding hydrogens is 236 g/mol. The first-order valence-electron chi connectivity index (χ1n) is 6.11. The molecule has 0 aliphatic heterocycles. The van der Waals surface area contributed by atoms with Crippen LogP contribution in [0.3, 0.4) is 0 Å². The maximum Gasteiger partial charge on any atom is 0.222 e. The van der Waals surface area contributed by atoms with Crippen LogP contribution in [-0.2, 0) is 0 Å². The molecular formula is C12H19ClN4. The lowest BCUT2D eigenvalue weighted by Crippen LogP contribution is -2.33. The van der Waals surface area contributed by atoms with Gasteiger partial charge in [-0.2, -0.15) is 4.98 Å². The van der Waals surface area contributed by atoms with Gasteiger partial charge < -0.3 is 11.1 Å². The number of nitrogen functional groups attached to an aromatic ring is 1. The normalized spacial score (nSPS) is 29.0. The van der Waals surface area contributed by atoms with Crippen LogP contribution >= 0.6 is 11.6 Å². The molecule has 1 aromatic rings. The van der Waals surface area contributed by atoms with E-state index in [9.17, 15) is 0 Å². The Labute approximate surface area is 107 Å². The van der Waals surface area contributed by atoms with Gasteiger partial charge in [0, 0.05) is 6.04 Å². The van der Waals surface area contributed by atoms with Crippen LogP contribution in [-0.4, -0.2) is 16.0 Å². The van der Waals surface area contributed by atoms with Gasteiger partial charge in [-0.25, -0.2) is 4.98 Å². The van der Waals surface area contributed by atoms with E-state index in [1.807, 2.05) is 0 Å². The number of nitrogens with two attached hydrogens (primary N) is 1. The van der Waals surface area contributed by atoms with E-state index in [1.54, 1.807) is 6.20 Å². The Kier molecular flexibility index (Phi) is 3.72. The van der Waals surface area contributed by atoms with Gasteiger partial charge in [0.1, 0.15) is 5.02 Å². The molecule has 1 aromatic heterocycles. The zero-order chi connectivity index (χ0) is 12.4. The van der Waals surface area contributed by atoms with E-state index in [4.69, 9.17) is 17.3 Å². The molecule has 1 heterocycles. The van der Waals surface area contributed by atoms with E-state index >= 15 is 0 Å². The molecule has 4 nitrogen and oxygen atoms in total. The number of nitrogens with one attached hydrogen (secondary N) is 1. The maximum atomic E-state index is 6.05. The quantitative estimate of drug-likeness (QED) is 0.852. The smallest absolute Gasteiger partial charge is 0.222 e. The van der Waals surface area contributed by atoms with Crippen molar-refractivity contribution in [1.82, 2.24) is 9.97 Å². The van der Waals surface area contributed by atoms with Gasteiger partial charge in [-0.3, -0.25) is 0 Å². The summed E-state index contributed by atoms with van der Waals surface area (Å²) < 4.78 is 0. The average molecular weight is 255 g/mol. The van der Waals surface area contributed by atoms with E-state index in [-0.39, 0.29) is 5.95 Å². The molecule has 0 bridgehead atoms. The molecule has 17 heavy (non-hydrogen) atoms.